The van der Waals surface area contributed by atoms with Crippen LogP contribution >= 0.6 is 0 Å². The van der Waals surface area contributed by atoms with Gasteiger partial charge in [-0.25, -0.2) is 0 Å². The largest absolute Gasteiger partial charge is 0.507 e. The molecule has 200 valence electrons. The number of carbonyl (C=O) groups is 3. The summed E-state index contributed by atoms with van der Waals surface area (Å²) in [6.45, 7) is 7.84. The lowest BCUT2D eigenvalue weighted by Crippen LogP contribution is -2.52. The van der Waals surface area contributed by atoms with Crippen molar-refractivity contribution in [2.45, 2.75) is 25.8 Å². The second-order valence-corrected chi connectivity index (χ2v) is 9.78. The molecule has 1 N–H and O–H groups in total. The minimum absolute atomic E-state index is 0.188. The normalized spacial score (nSPS) is 23.0. The molecule has 0 radical (unpaired) electrons. The number of methoxy groups -OCH3 is 1. The highest BCUT2D eigenvalue weighted by Crippen LogP contribution is 2.53. The Morgan fingerprint density at radius 1 is 1.08 bits per heavy atom. The predicted molar refractivity (Wildman–Crippen MR) is 142 cm³/mol. The highest BCUT2D eigenvalue weighted by Gasteiger charge is 2.66. The molecule has 2 saturated heterocycles. The van der Waals surface area contributed by atoms with E-state index in [1.54, 1.807) is 42.3 Å². The molecular formula is C29H33N3O6. The first-order valence-corrected chi connectivity index (χ1v) is 13.0. The quantitative estimate of drug-likeness (QED) is 0.341. The maximum absolute atomic E-state index is 14.3. The number of anilines is 1. The number of ether oxygens (including phenoxy) is 2. The van der Waals surface area contributed by atoms with E-state index in [0.29, 0.717) is 55.3 Å². The van der Waals surface area contributed by atoms with Crippen molar-refractivity contribution in [1.29, 1.82) is 0 Å². The van der Waals surface area contributed by atoms with Crippen LogP contribution in [0.4, 0.5) is 5.69 Å². The molecule has 2 fully saturated rings. The zero-order valence-electron chi connectivity index (χ0n) is 22.0. The van der Waals surface area contributed by atoms with E-state index in [-0.39, 0.29) is 17.9 Å². The Balaban J connectivity index is 1.65. The van der Waals surface area contributed by atoms with Crippen molar-refractivity contribution in [2.75, 3.05) is 57.9 Å². The summed E-state index contributed by atoms with van der Waals surface area (Å²) in [4.78, 5) is 46.8. The summed E-state index contributed by atoms with van der Waals surface area (Å²) in [5, 5.41) is 11.6. The lowest BCUT2D eigenvalue weighted by Gasteiger charge is -2.35. The van der Waals surface area contributed by atoms with Crippen molar-refractivity contribution in [3.8, 4) is 5.75 Å². The maximum atomic E-state index is 14.3. The third-order valence-corrected chi connectivity index (χ3v) is 7.75. The van der Waals surface area contributed by atoms with Crippen molar-refractivity contribution in [1.82, 2.24) is 9.80 Å². The molecule has 0 unspecified atom stereocenters. The molecule has 3 heterocycles. The number of nitrogens with zero attached hydrogens (tertiary/aromatic N) is 3. The minimum atomic E-state index is -1.73. The van der Waals surface area contributed by atoms with E-state index in [2.05, 4.69) is 4.90 Å². The van der Waals surface area contributed by atoms with E-state index < -0.39 is 23.1 Å². The molecule has 0 aromatic heterocycles. The molecule has 2 aromatic carbocycles. The predicted octanol–water partition coefficient (Wildman–Crippen LogP) is 2.67. The summed E-state index contributed by atoms with van der Waals surface area (Å²) >= 11 is 0. The summed E-state index contributed by atoms with van der Waals surface area (Å²) in [6, 6.07) is 12.2. The van der Waals surface area contributed by atoms with Gasteiger partial charge in [0.25, 0.3) is 17.6 Å². The Kier molecular flexibility index (Phi) is 6.98. The summed E-state index contributed by atoms with van der Waals surface area (Å²) in [5.74, 6) is -1.79. The zero-order valence-corrected chi connectivity index (χ0v) is 22.0. The van der Waals surface area contributed by atoms with Crippen molar-refractivity contribution in [3.05, 3.63) is 64.7 Å². The van der Waals surface area contributed by atoms with Crippen LogP contribution in [0.25, 0.3) is 5.76 Å². The summed E-state index contributed by atoms with van der Waals surface area (Å²) in [5.41, 5.74) is 0.338. The number of likely N-dealkylation sites (tertiary alicyclic amines) is 1. The van der Waals surface area contributed by atoms with E-state index in [9.17, 15) is 19.5 Å². The first kappa shape index (κ1) is 25.9. The van der Waals surface area contributed by atoms with Crippen LogP contribution in [0.1, 0.15) is 30.0 Å². The number of ketones is 1. The molecule has 5 rings (SSSR count). The molecule has 2 aromatic rings. The fourth-order valence-corrected chi connectivity index (χ4v) is 5.93. The van der Waals surface area contributed by atoms with Crippen LogP contribution < -0.4 is 9.64 Å². The van der Waals surface area contributed by atoms with Crippen LogP contribution in [0.2, 0.25) is 0 Å². The van der Waals surface area contributed by atoms with E-state index >= 15 is 0 Å². The number of aliphatic hydroxyl groups excluding tert-OH is 1. The Hall–Kier alpha value is -3.69. The van der Waals surface area contributed by atoms with E-state index in [0.717, 1.165) is 18.7 Å². The van der Waals surface area contributed by atoms with Crippen LogP contribution in [0.15, 0.2) is 48.0 Å². The van der Waals surface area contributed by atoms with Gasteiger partial charge in [-0.1, -0.05) is 18.2 Å². The maximum Gasteiger partial charge on any atom is 0.296 e. The van der Waals surface area contributed by atoms with Crippen molar-refractivity contribution in [2.24, 2.45) is 0 Å². The number of hydrogen-bond donors (Lipinski definition) is 1. The Bertz CT molecular complexity index is 1320. The first-order chi connectivity index (χ1) is 18.4. The number of amides is 2. The standard InChI is InChI=1S/C29H33N3O6/c1-4-31-22-9-6-5-8-21(22)29(28(31)36)24(25(33)20-10-11-23(37-3)19(2)18-20)26(34)27(35)32(29)13-7-12-30-14-16-38-17-15-30/h5-6,8-11,18,33H,4,7,12-17H2,1-3H3/t29-/m0/s1. The Morgan fingerprint density at radius 2 is 1.82 bits per heavy atom. The number of para-hydroxylation sites is 1. The highest BCUT2D eigenvalue weighted by molar-refractivity contribution is 6.50. The van der Waals surface area contributed by atoms with E-state index in [4.69, 9.17) is 9.47 Å². The number of aryl methyl sites for hydroxylation is 1. The van der Waals surface area contributed by atoms with Gasteiger partial charge < -0.3 is 24.4 Å². The lowest BCUT2D eigenvalue weighted by atomic mass is 9.81. The number of aliphatic hydroxyl groups is 1. The number of likely N-dealkylation sites (N-methyl/N-ethyl adjacent to an activating group) is 1. The topological polar surface area (TPSA) is 99.6 Å². The monoisotopic (exact) mass is 519 g/mol. The van der Waals surface area contributed by atoms with Crippen LogP contribution in [-0.2, 0) is 24.7 Å². The van der Waals surface area contributed by atoms with Crippen LogP contribution in [0.3, 0.4) is 0 Å². The van der Waals surface area contributed by atoms with Crippen LogP contribution in [0, 0.1) is 6.92 Å². The van der Waals surface area contributed by atoms with Crippen LogP contribution in [-0.4, -0.2) is 85.6 Å². The SMILES string of the molecule is CCN1C(=O)[C@@]2(C(=C(O)c3ccc(OC)c(C)c3)C(=O)C(=O)N2CCCN2CCOCC2)c2ccccc21. The van der Waals surface area contributed by atoms with Gasteiger partial charge in [0.1, 0.15) is 11.5 Å². The van der Waals surface area contributed by atoms with Gasteiger partial charge in [0.2, 0.25) is 0 Å². The van der Waals surface area contributed by atoms with Gasteiger partial charge in [-0.05, 0) is 50.1 Å². The Morgan fingerprint density at radius 3 is 2.50 bits per heavy atom. The van der Waals surface area contributed by atoms with Gasteiger partial charge in [-0.15, -0.1) is 0 Å². The fourth-order valence-electron chi connectivity index (χ4n) is 5.93. The zero-order chi connectivity index (χ0) is 27.0. The molecular weight excluding hydrogens is 486 g/mol. The molecule has 38 heavy (non-hydrogen) atoms. The van der Waals surface area contributed by atoms with Crippen molar-refractivity contribution < 1.29 is 29.0 Å². The van der Waals surface area contributed by atoms with Gasteiger partial charge in [0, 0.05) is 43.9 Å². The number of Topliss-reactive ketones (excluding diaryl/α,β-unsaturated/α-hetero) is 1. The molecule has 2 amide bonds. The molecule has 9 nitrogen and oxygen atoms in total. The summed E-state index contributed by atoms with van der Waals surface area (Å²) < 4.78 is 10.8. The third-order valence-electron chi connectivity index (χ3n) is 7.75. The lowest BCUT2D eigenvalue weighted by molar-refractivity contribution is -0.143. The third kappa shape index (κ3) is 3.88. The molecule has 3 aliphatic rings. The average Bonchev–Trinajstić information content (AvgIpc) is 3.31. The molecule has 9 heteroatoms. The van der Waals surface area contributed by atoms with Gasteiger partial charge in [0.15, 0.2) is 5.54 Å². The minimum Gasteiger partial charge on any atom is -0.507 e. The van der Waals surface area contributed by atoms with Crippen molar-refractivity contribution in [3.63, 3.8) is 0 Å². The molecule has 3 aliphatic heterocycles. The number of morpholine rings is 1. The molecule has 1 spiro atoms. The average molecular weight is 520 g/mol. The smallest absolute Gasteiger partial charge is 0.296 e. The van der Waals surface area contributed by atoms with Gasteiger partial charge in [0.05, 0.1) is 31.6 Å². The van der Waals surface area contributed by atoms with E-state index in [1.807, 2.05) is 26.0 Å². The molecule has 0 bridgehead atoms. The number of rotatable bonds is 7. The van der Waals surface area contributed by atoms with Crippen molar-refractivity contribution >= 4 is 29.0 Å². The summed E-state index contributed by atoms with van der Waals surface area (Å²) in [6.07, 6.45) is 0.567. The molecule has 0 saturated carbocycles. The van der Waals surface area contributed by atoms with E-state index in [1.165, 1.54) is 4.90 Å². The number of carbonyl (C=O) groups excluding carboxylic acids is 3. The first-order valence-electron chi connectivity index (χ1n) is 13.0. The number of hydrogen-bond acceptors (Lipinski definition) is 7. The van der Waals surface area contributed by atoms with Crippen LogP contribution in [0.5, 0.6) is 5.75 Å². The second kappa shape index (κ2) is 10.2. The summed E-state index contributed by atoms with van der Waals surface area (Å²) in [7, 11) is 1.55. The second-order valence-electron chi connectivity index (χ2n) is 9.78. The Labute approximate surface area is 222 Å². The number of benzene rings is 2. The van der Waals surface area contributed by atoms with Gasteiger partial charge in [-0.3, -0.25) is 19.3 Å². The highest BCUT2D eigenvalue weighted by atomic mass is 16.5. The molecule has 1 atom stereocenters. The molecule has 0 aliphatic carbocycles. The van der Waals surface area contributed by atoms with Gasteiger partial charge in [-0.2, -0.15) is 0 Å². The number of fused-ring (bicyclic) bond motifs is 2. The fraction of sp³-hybridized carbons (Fsp3) is 0.414. The van der Waals surface area contributed by atoms with Gasteiger partial charge >= 0.3 is 0 Å².